The zero-order valence-corrected chi connectivity index (χ0v) is 13.3. The van der Waals surface area contributed by atoms with E-state index in [2.05, 4.69) is 10.0 Å². The number of nitrogens with one attached hydrogen (secondary N) is 2. The minimum absolute atomic E-state index is 0. The lowest BCUT2D eigenvalue weighted by atomic mass is 9.96. The van der Waals surface area contributed by atoms with Crippen molar-refractivity contribution in [1.29, 1.82) is 0 Å². The van der Waals surface area contributed by atoms with Crippen LogP contribution in [0, 0.1) is 11.3 Å². The van der Waals surface area contributed by atoms with E-state index < -0.39 is 10.0 Å². The predicted octanol–water partition coefficient (Wildman–Crippen LogP) is 1.76. The molecule has 1 fully saturated rings. The van der Waals surface area contributed by atoms with Gasteiger partial charge in [0.25, 0.3) is 0 Å². The summed E-state index contributed by atoms with van der Waals surface area (Å²) in [6.45, 7) is 8.53. The first kappa shape index (κ1) is 18.2. The van der Waals surface area contributed by atoms with Crippen molar-refractivity contribution in [1.82, 2.24) is 10.0 Å². The van der Waals surface area contributed by atoms with E-state index in [0.717, 1.165) is 19.5 Å². The predicted molar refractivity (Wildman–Crippen MR) is 78.7 cm³/mol. The molecule has 0 bridgehead atoms. The van der Waals surface area contributed by atoms with Gasteiger partial charge in [0, 0.05) is 6.54 Å². The molecule has 4 nitrogen and oxygen atoms in total. The molecule has 1 heterocycles. The van der Waals surface area contributed by atoms with Crippen LogP contribution in [-0.2, 0) is 10.0 Å². The smallest absolute Gasteiger partial charge is 0.212 e. The molecule has 6 heteroatoms. The molecule has 1 unspecified atom stereocenters. The largest absolute Gasteiger partial charge is 0.316 e. The van der Waals surface area contributed by atoms with Crippen LogP contribution in [0.1, 0.15) is 40.0 Å². The highest BCUT2D eigenvalue weighted by Crippen LogP contribution is 2.16. The fourth-order valence-electron chi connectivity index (χ4n) is 2.21. The first-order valence-corrected chi connectivity index (χ1v) is 8.12. The van der Waals surface area contributed by atoms with Gasteiger partial charge in [-0.1, -0.05) is 20.8 Å². The Morgan fingerprint density at radius 3 is 2.50 bits per heavy atom. The first-order valence-electron chi connectivity index (χ1n) is 6.47. The minimum Gasteiger partial charge on any atom is -0.316 e. The van der Waals surface area contributed by atoms with Gasteiger partial charge in [0.15, 0.2) is 0 Å². The van der Waals surface area contributed by atoms with Gasteiger partial charge in [0.2, 0.25) is 10.0 Å². The van der Waals surface area contributed by atoms with Crippen LogP contribution in [0.4, 0.5) is 0 Å². The number of sulfonamides is 1. The molecule has 0 aromatic rings. The third kappa shape index (κ3) is 8.29. The number of halogens is 1. The summed E-state index contributed by atoms with van der Waals surface area (Å²) in [7, 11) is -3.11. The normalized spacial score (nSPS) is 21.4. The Bertz CT molecular complexity index is 319. The fourth-order valence-corrected chi connectivity index (χ4v) is 3.88. The molecule has 2 N–H and O–H groups in total. The Morgan fingerprint density at radius 1 is 1.33 bits per heavy atom. The van der Waals surface area contributed by atoms with E-state index in [0.29, 0.717) is 12.5 Å². The van der Waals surface area contributed by atoms with Gasteiger partial charge in [-0.25, -0.2) is 13.1 Å². The number of hydrogen-bond donors (Lipinski definition) is 2. The van der Waals surface area contributed by atoms with Gasteiger partial charge in [-0.2, -0.15) is 0 Å². The van der Waals surface area contributed by atoms with Crippen molar-refractivity contribution in [3.63, 3.8) is 0 Å². The molecule has 1 atom stereocenters. The molecule has 0 aromatic carbocycles. The highest BCUT2D eigenvalue weighted by molar-refractivity contribution is 7.89. The average Bonchev–Trinajstić information content (AvgIpc) is 2.15. The molecule has 0 aliphatic carbocycles. The topological polar surface area (TPSA) is 58.2 Å². The van der Waals surface area contributed by atoms with Crippen molar-refractivity contribution < 1.29 is 8.42 Å². The van der Waals surface area contributed by atoms with Crippen LogP contribution in [-0.4, -0.2) is 33.8 Å². The zero-order chi connectivity index (χ0) is 12.9. The van der Waals surface area contributed by atoms with Crippen molar-refractivity contribution >= 4 is 22.4 Å². The Balaban J connectivity index is 0.00000289. The minimum atomic E-state index is -3.11. The summed E-state index contributed by atoms with van der Waals surface area (Å²) < 4.78 is 26.2. The second-order valence-electron chi connectivity index (χ2n) is 6.22. The van der Waals surface area contributed by atoms with Crippen molar-refractivity contribution in [3.8, 4) is 0 Å². The molecular formula is C12H27ClN2O2S. The van der Waals surface area contributed by atoms with Gasteiger partial charge in [0.1, 0.15) is 0 Å². The average molecular weight is 299 g/mol. The third-order valence-electron chi connectivity index (χ3n) is 2.90. The maximum Gasteiger partial charge on any atom is 0.212 e. The first-order chi connectivity index (χ1) is 7.79. The summed E-state index contributed by atoms with van der Waals surface area (Å²) in [5.41, 5.74) is -0.182. The molecule has 1 aliphatic rings. The SMILES string of the molecule is CC(C)(C)CS(=O)(=O)NCCC1CCCNC1.Cl. The number of hydrogen-bond acceptors (Lipinski definition) is 3. The van der Waals surface area contributed by atoms with Crippen LogP contribution in [0.15, 0.2) is 0 Å². The van der Waals surface area contributed by atoms with E-state index in [4.69, 9.17) is 0 Å². The molecule has 110 valence electrons. The Labute approximate surface area is 118 Å². The van der Waals surface area contributed by atoms with E-state index in [1.165, 1.54) is 12.8 Å². The van der Waals surface area contributed by atoms with Crippen LogP contribution in [0.3, 0.4) is 0 Å². The zero-order valence-electron chi connectivity index (χ0n) is 11.7. The molecule has 0 amide bonds. The molecule has 1 saturated heterocycles. The maximum absolute atomic E-state index is 11.8. The maximum atomic E-state index is 11.8. The van der Waals surface area contributed by atoms with Crippen LogP contribution in [0.5, 0.6) is 0 Å². The van der Waals surface area contributed by atoms with Crippen LogP contribution < -0.4 is 10.0 Å². The van der Waals surface area contributed by atoms with E-state index in [1.54, 1.807) is 0 Å². The summed E-state index contributed by atoms with van der Waals surface area (Å²) in [4.78, 5) is 0. The number of piperidine rings is 1. The molecule has 18 heavy (non-hydrogen) atoms. The van der Waals surface area contributed by atoms with Crippen LogP contribution in [0.25, 0.3) is 0 Å². The molecule has 0 saturated carbocycles. The molecule has 1 aliphatic heterocycles. The highest BCUT2D eigenvalue weighted by Gasteiger charge is 2.21. The third-order valence-corrected chi connectivity index (χ3v) is 4.79. The lowest BCUT2D eigenvalue weighted by molar-refractivity contribution is 0.358. The van der Waals surface area contributed by atoms with Gasteiger partial charge in [0.05, 0.1) is 5.75 Å². The van der Waals surface area contributed by atoms with Crippen molar-refractivity contribution in [2.75, 3.05) is 25.4 Å². The monoisotopic (exact) mass is 298 g/mol. The molecular weight excluding hydrogens is 272 g/mol. The van der Waals surface area contributed by atoms with Gasteiger partial charge in [-0.3, -0.25) is 0 Å². The highest BCUT2D eigenvalue weighted by atomic mass is 35.5. The number of rotatable bonds is 5. The summed E-state index contributed by atoms with van der Waals surface area (Å²) in [6, 6.07) is 0. The second kappa shape index (κ2) is 7.68. The second-order valence-corrected chi connectivity index (χ2v) is 8.02. The van der Waals surface area contributed by atoms with Gasteiger partial charge >= 0.3 is 0 Å². The summed E-state index contributed by atoms with van der Waals surface area (Å²) in [6.07, 6.45) is 3.36. The molecule has 0 aromatic heterocycles. The van der Waals surface area contributed by atoms with Crippen LogP contribution in [0.2, 0.25) is 0 Å². The molecule has 0 spiro atoms. The Hall–Kier alpha value is 0.160. The lowest BCUT2D eigenvalue weighted by Crippen LogP contribution is -2.36. The Kier molecular flexibility index (Phi) is 7.75. The summed E-state index contributed by atoms with van der Waals surface area (Å²) in [5.74, 6) is 0.823. The fraction of sp³-hybridized carbons (Fsp3) is 1.00. The summed E-state index contributed by atoms with van der Waals surface area (Å²) >= 11 is 0. The van der Waals surface area contributed by atoms with Gasteiger partial charge < -0.3 is 5.32 Å². The lowest BCUT2D eigenvalue weighted by Gasteiger charge is -2.23. The van der Waals surface area contributed by atoms with Gasteiger partial charge in [-0.15, -0.1) is 12.4 Å². The van der Waals surface area contributed by atoms with E-state index in [1.807, 2.05) is 20.8 Å². The molecule has 0 radical (unpaired) electrons. The van der Waals surface area contributed by atoms with Crippen molar-refractivity contribution in [2.24, 2.45) is 11.3 Å². The quantitative estimate of drug-likeness (QED) is 0.813. The van der Waals surface area contributed by atoms with E-state index in [-0.39, 0.29) is 23.6 Å². The van der Waals surface area contributed by atoms with Crippen LogP contribution >= 0.6 is 12.4 Å². The van der Waals surface area contributed by atoms with Crippen molar-refractivity contribution in [3.05, 3.63) is 0 Å². The van der Waals surface area contributed by atoms with E-state index in [9.17, 15) is 8.42 Å². The molecule has 1 rings (SSSR count). The van der Waals surface area contributed by atoms with Gasteiger partial charge in [-0.05, 0) is 43.7 Å². The summed E-state index contributed by atoms with van der Waals surface area (Å²) in [5, 5.41) is 3.34. The van der Waals surface area contributed by atoms with Crippen molar-refractivity contribution in [2.45, 2.75) is 40.0 Å². The Morgan fingerprint density at radius 2 is 2.00 bits per heavy atom. The van der Waals surface area contributed by atoms with E-state index >= 15 is 0 Å². The standard InChI is InChI=1S/C12H26N2O2S.ClH/c1-12(2,3)10-17(15,16)14-8-6-11-5-4-7-13-9-11;/h11,13-14H,4-10H2,1-3H3;1H.